The van der Waals surface area contributed by atoms with Crippen molar-refractivity contribution in [1.82, 2.24) is 9.80 Å². The summed E-state index contributed by atoms with van der Waals surface area (Å²) in [6.07, 6.45) is 4.57. The topological polar surface area (TPSA) is 32.8 Å². The average molecular weight is 415 g/mol. The van der Waals surface area contributed by atoms with Gasteiger partial charge >= 0.3 is 0 Å². The summed E-state index contributed by atoms with van der Waals surface area (Å²) >= 11 is 0. The summed E-state index contributed by atoms with van der Waals surface area (Å²) in [5, 5.41) is 2.30. The molecule has 4 rings (SSSR count). The van der Waals surface area contributed by atoms with E-state index in [4.69, 9.17) is 4.74 Å². The van der Waals surface area contributed by atoms with E-state index < -0.39 is 6.10 Å². The standard InChI is InChI=1S/C27H30N2O2/c1-2-26(31-25-15-14-23-12-6-7-13-24(23)21-25)27(30)29-19-17-28(18-20-29)16-8-11-22-9-4-3-5-10-22/h3-15,21,26H,2,16-20H2,1H3/b11-8+/t26-/m0/s1. The van der Waals surface area contributed by atoms with Crippen LogP contribution >= 0.6 is 0 Å². The number of rotatable bonds is 7. The second-order valence-electron chi connectivity index (χ2n) is 7.96. The van der Waals surface area contributed by atoms with Gasteiger partial charge in [0.25, 0.3) is 5.91 Å². The summed E-state index contributed by atoms with van der Waals surface area (Å²) in [5.41, 5.74) is 1.22. The fourth-order valence-electron chi connectivity index (χ4n) is 3.97. The van der Waals surface area contributed by atoms with Gasteiger partial charge in [0.05, 0.1) is 0 Å². The molecular formula is C27H30N2O2. The molecule has 1 amide bonds. The largest absolute Gasteiger partial charge is 0.481 e. The zero-order chi connectivity index (χ0) is 21.5. The number of fused-ring (bicyclic) bond motifs is 1. The highest BCUT2D eigenvalue weighted by atomic mass is 16.5. The molecule has 0 aromatic heterocycles. The van der Waals surface area contributed by atoms with Crippen LogP contribution in [-0.4, -0.2) is 54.5 Å². The van der Waals surface area contributed by atoms with Crippen molar-refractivity contribution in [3.8, 4) is 5.75 Å². The van der Waals surface area contributed by atoms with Crippen molar-refractivity contribution in [1.29, 1.82) is 0 Å². The van der Waals surface area contributed by atoms with Crippen LogP contribution in [0.1, 0.15) is 18.9 Å². The minimum Gasteiger partial charge on any atom is -0.481 e. The van der Waals surface area contributed by atoms with Gasteiger partial charge in [-0.25, -0.2) is 0 Å². The minimum absolute atomic E-state index is 0.0927. The van der Waals surface area contributed by atoms with Crippen LogP contribution in [0.25, 0.3) is 16.8 Å². The number of carbonyl (C=O) groups excluding carboxylic acids is 1. The Morgan fingerprint density at radius 2 is 1.65 bits per heavy atom. The van der Waals surface area contributed by atoms with Crippen molar-refractivity contribution in [3.05, 3.63) is 84.4 Å². The van der Waals surface area contributed by atoms with Crippen molar-refractivity contribution >= 4 is 22.8 Å². The van der Waals surface area contributed by atoms with Gasteiger partial charge in [-0.05, 0) is 34.9 Å². The van der Waals surface area contributed by atoms with Gasteiger partial charge in [-0.3, -0.25) is 9.69 Å². The van der Waals surface area contributed by atoms with Crippen LogP contribution in [-0.2, 0) is 4.79 Å². The Kier molecular flexibility index (Phi) is 7.00. The highest BCUT2D eigenvalue weighted by Crippen LogP contribution is 2.22. The Labute approximate surface area is 184 Å². The SMILES string of the molecule is CC[C@H](Oc1ccc2ccccc2c1)C(=O)N1CCN(C/C=C/c2ccccc2)CC1. The molecule has 0 unspecified atom stereocenters. The zero-order valence-electron chi connectivity index (χ0n) is 18.1. The first kappa shape index (κ1) is 21.1. The fourth-order valence-corrected chi connectivity index (χ4v) is 3.97. The highest BCUT2D eigenvalue weighted by molar-refractivity contribution is 5.84. The van der Waals surface area contributed by atoms with E-state index in [9.17, 15) is 4.79 Å². The Bertz CT molecular complexity index is 1020. The Hall–Kier alpha value is -3.11. The van der Waals surface area contributed by atoms with E-state index in [1.807, 2.05) is 60.4 Å². The molecule has 1 fully saturated rings. The lowest BCUT2D eigenvalue weighted by Crippen LogP contribution is -2.52. The third-order valence-electron chi connectivity index (χ3n) is 5.80. The summed E-state index contributed by atoms with van der Waals surface area (Å²) in [6, 6.07) is 24.5. The van der Waals surface area contributed by atoms with E-state index in [1.165, 1.54) is 10.9 Å². The molecule has 1 aliphatic rings. The molecular weight excluding hydrogens is 384 g/mol. The van der Waals surface area contributed by atoms with Gasteiger partial charge in [-0.1, -0.05) is 79.7 Å². The van der Waals surface area contributed by atoms with Crippen LogP contribution in [0.3, 0.4) is 0 Å². The average Bonchev–Trinajstić information content (AvgIpc) is 2.83. The van der Waals surface area contributed by atoms with Crippen LogP contribution in [0.4, 0.5) is 0 Å². The number of piperazine rings is 1. The summed E-state index contributed by atoms with van der Waals surface area (Å²) in [5.74, 6) is 0.846. The van der Waals surface area contributed by atoms with Gasteiger partial charge in [0, 0.05) is 32.7 Å². The van der Waals surface area contributed by atoms with E-state index >= 15 is 0 Å². The van der Waals surface area contributed by atoms with Crippen LogP contribution < -0.4 is 4.74 Å². The molecule has 0 N–H and O–H groups in total. The van der Waals surface area contributed by atoms with Gasteiger partial charge in [0.2, 0.25) is 0 Å². The first-order valence-electron chi connectivity index (χ1n) is 11.1. The number of carbonyl (C=O) groups is 1. The maximum atomic E-state index is 13.1. The molecule has 3 aromatic rings. The molecule has 0 aliphatic carbocycles. The van der Waals surface area contributed by atoms with E-state index in [2.05, 4.69) is 41.3 Å². The first-order chi connectivity index (χ1) is 15.2. The molecule has 1 heterocycles. The lowest BCUT2D eigenvalue weighted by molar-refractivity contribution is -0.140. The molecule has 0 bridgehead atoms. The molecule has 3 aromatic carbocycles. The van der Waals surface area contributed by atoms with Crippen molar-refractivity contribution in [2.24, 2.45) is 0 Å². The molecule has 0 radical (unpaired) electrons. The molecule has 4 heteroatoms. The summed E-state index contributed by atoms with van der Waals surface area (Å²) in [4.78, 5) is 17.4. The van der Waals surface area contributed by atoms with Crippen LogP contribution in [0.2, 0.25) is 0 Å². The predicted molar refractivity (Wildman–Crippen MR) is 127 cm³/mol. The van der Waals surface area contributed by atoms with Crippen molar-refractivity contribution < 1.29 is 9.53 Å². The predicted octanol–water partition coefficient (Wildman–Crippen LogP) is 4.85. The lowest BCUT2D eigenvalue weighted by atomic mass is 10.1. The summed E-state index contributed by atoms with van der Waals surface area (Å²) < 4.78 is 6.11. The van der Waals surface area contributed by atoms with Crippen LogP contribution in [0, 0.1) is 0 Å². The number of hydrogen-bond donors (Lipinski definition) is 0. The third-order valence-corrected chi connectivity index (χ3v) is 5.80. The number of nitrogens with zero attached hydrogens (tertiary/aromatic N) is 2. The second-order valence-corrected chi connectivity index (χ2v) is 7.96. The molecule has 4 nitrogen and oxygen atoms in total. The molecule has 0 spiro atoms. The quantitative estimate of drug-likeness (QED) is 0.554. The maximum absolute atomic E-state index is 13.1. The third kappa shape index (κ3) is 5.53. The molecule has 31 heavy (non-hydrogen) atoms. The summed E-state index contributed by atoms with van der Waals surface area (Å²) in [7, 11) is 0. The number of ether oxygens (including phenoxy) is 1. The summed E-state index contributed by atoms with van der Waals surface area (Å²) in [6.45, 7) is 6.18. The van der Waals surface area contributed by atoms with E-state index in [0.717, 1.165) is 43.9 Å². The first-order valence-corrected chi connectivity index (χ1v) is 11.1. The second kappa shape index (κ2) is 10.3. The molecule has 160 valence electrons. The maximum Gasteiger partial charge on any atom is 0.263 e. The van der Waals surface area contributed by atoms with E-state index in [0.29, 0.717) is 6.42 Å². The Morgan fingerprint density at radius 3 is 2.39 bits per heavy atom. The number of amides is 1. The minimum atomic E-state index is -0.439. The van der Waals surface area contributed by atoms with Crippen molar-refractivity contribution in [2.75, 3.05) is 32.7 Å². The van der Waals surface area contributed by atoms with Gasteiger partial charge in [0.1, 0.15) is 5.75 Å². The van der Waals surface area contributed by atoms with Gasteiger partial charge in [-0.2, -0.15) is 0 Å². The normalized spacial score (nSPS) is 16.0. The highest BCUT2D eigenvalue weighted by Gasteiger charge is 2.27. The smallest absolute Gasteiger partial charge is 0.263 e. The lowest BCUT2D eigenvalue weighted by Gasteiger charge is -2.35. The number of hydrogen-bond acceptors (Lipinski definition) is 3. The fraction of sp³-hybridized carbons (Fsp3) is 0.296. The van der Waals surface area contributed by atoms with Crippen molar-refractivity contribution in [2.45, 2.75) is 19.4 Å². The molecule has 1 saturated heterocycles. The molecule has 1 aliphatic heterocycles. The number of benzene rings is 3. The zero-order valence-corrected chi connectivity index (χ0v) is 18.1. The van der Waals surface area contributed by atoms with Crippen LogP contribution in [0.15, 0.2) is 78.9 Å². The molecule has 0 saturated carbocycles. The van der Waals surface area contributed by atoms with E-state index in [1.54, 1.807) is 0 Å². The van der Waals surface area contributed by atoms with Gasteiger partial charge < -0.3 is 9.64 Å². The van der Waals surface area contributed by atoms with Crippen LogP contribution in [0.5, 0.6) is 5.75 Å². The monoisotopic (exact) mass is 414 g/mol. The van der Waals surface area contributed by atoms with E-state index in [-0.39, 0.29) is 5.91 Å². The van der Waals surface area contributed by atoms with Gasteiger partial charge in [-0.15, -0.1) is 0 Å². The van der Waals surface area contributed by atoms with Crippen molar-refractivity contribution in [3.63, 3.8) is 0 Å². The Morgan fingerprint density at radius 1 is 0.935 bits per heavy atom. The molecule has 1 atom stereocenters. The van der Waals surface area contributed by atoms with Gasteiger partial charge in [0.15, 0.2) is 6.10 Å². The Balaban J connectivity index is 1.29.